The minimum absolute atomic E-state index is 0.620. The van der Waals surface area contributed by atoms with E-state index in [0.717, 1.165) is 38.1 Å². The van der Waals surface area contributed by atoms with Crippen LogP contribution in [0.25, 0.3) is 10.8 Å². The standard InChI is InChI=1S/C18H17BrN2O2/c1-22-15-5-3-13(17(10-15)23-2)11-21-18-16-6-4-14(19)9-12(16)7-8-20-18/h3-10H,11H2,1-2H3,(H,20,21). The van der Waals surface area contributed by atoms with Crippen molar-refractivity contribution in [1.29, 1.82) is 0 Å². The van der Waals surface area contributed by atoms with Crippen LogP contribution in [0.4, 0.5) is 5.82 Å². The van der Waals surface area contributed by atoms with Crippen LogP contribution in [-0.4, -0.2) is 19.2 Å². The van der Waals surface area contributed by atoms with E-state index in [1.54, 1.807) is 14.2 Å². The summed E-state index contributed by atoms with van der Waals surface area (Å²) in [6, 6.07) is 13.9. The molecule has 23 heavy (non-hydrogen) atoms. The van der Waals surface area contributed by atoms with Crippen molar-refractivity contribution in [2.24, 2.45) is 0 Å². The molecule has 0 bridgehead atoms. The van der Waals surface area contributed by atoms with Gasteiger partial charge >= 0.3 is 0 Å². The zero-order valence-electron chi connectivity index (χ0n) is 13.0. The summed E-state index contributed by atoms with van der Waals surface area (Å²) in [6.07, 6.45) is 1.81. The zero-order valence-corrected chi connectivity index (χ0v) is 14.6. The largest absolute Gasteiger partial charge is 0.497 e. The maximum absolute atomic E-state index is 5.43. The summed E-state index contributed by atoms with van der Waals surface area (Å²) in [4.78, 5) is 4.45. The Hall–Kier alpha value is -2.27. The first-order valence-electron chi connectivity index (χ1n) is 7.20. The number of halogens is 1. The van der Waals surface area contributed by atoms with Crippen molar-refractivity contribution in [2.75, 3.05) is 19.5 Å². The molecule has 118 valence electrons. The Balaban J connectivity index is 1.86. The highest BCUT2D eigenvalue weighted by Gasteiger charge is 2.07. The average molecular weight is 373 g/mol. The number of pyridine rings is 1. The molecule has 0 saturated heterocycles. The van der Waals surface area contributed by atoms with Gasteiger partial charge in [0, 0.05) is 34.2 Å². The van der Waals surface area contributed by atoms with Gasteiger partial charge in [-0.3, -0.25) is 0 Å². The fraction of sp³-hybridized carbons (Fsp3) is 0.167. The molecular weight excluding hydrogens is 356 g/mol. The summed E-state index contributed by atoms with van der Waals surface area (Å²) in [5.41, 5.74) is 1.05. The van der Waals surface area contributed by atoms with Gasteiger partial charge in [0.25, 0.3) is 0 Å². The van der Waals surface area contributed by atoms with Crippen LogP contribution in [0.5, 0.6) is 11.5 Å². The molecule has 0 atom stereocenters. The van der Waals surface area contributed by atoms with Gasteiger partial charge in [-0.15, -0.1) is 0 Å². The van der Waals surface area contributed by atoms with Gasteiger partial charge in [0.15, 0.2) is 0 Å². The van der Waals surface area contributed by atoms with E-state index in [9.17, 15) is 0 Å². The average Bonchev–Trinajstić information content (AvgIpc) is 2.59. The van der Waals surface area contributed by atoms with Crippen molar-refractivity contribution in [3.05, 3.63) is 58.7 Å². The molecule has 1 aromatic heterocycles. The van der Waals surface area contributed by atoms with E-state index in [4.69, 9.17) is 9.47 Å². The van der Waals surface area contributed by atoms with Crippen LogP contribution in [0.3, 0.4) is 0 Å². The lowest BCUT2D eigenvalue weighted by molar-refractivity contribution is 0.391. The number of fused-ring (bicyclic) bond motifs is 1. The second-order valence-electron chi connectivity index (χ2n) is 5.06. The highest BCUT2D eigenvalue weighted by Crippen LogP contribution is 2.27. The number of hydrogen-bond donors (Lipinski definition) is 1. The third-order valence-corrected chi connectivity index (χ3v) is 4.16. The predicted octanol–water partition coefficient (Wildman–Crippen LogP) is 4.63. The van der Waals surface area contributed by atoms with Crippen molar-refractivity contribution in [3.63, 3.8) is 0 Å². The summed E-state index contributed by atoms with van der Waals surface area (Å²) in [7, 11) is 3.30. The number of aromatic nitrogens is 1. The highest BCUT2D eigenvalue weighted by atomic mass is 79.9. The summed E-state index contributed by atoms with van der Waals surface area (Å²) in [5, 5.41) is 5.61. The van der Waals surface area contributed by atoms with Crippen LogP contribution >= 0.6 is 15.9 Å². The molecule has 1 heterocycles. The molecule has 0 spiro atoms. The Labute approximate surface area is 143 Å². The Morgan fingerprint density at radius 3 is 2.70 bits per heavy atom. The SMILES string of the molecule is COc1ccc(CNc2nccc3cc(Br)ccc23)c(OC)c1. The second-order valence-corrected chi connectivity index (χ2v) is 5.97. The molecule has 3 rings (SSSR count). The molecule has 0 saturated carbocycles. The first kappa shape index (κ1) is 15.6. The van der Waals surface area contributed by atoms with E-state index in [1.165, 1.54) is 0 Å². The van der Waals surface area contributed by atoms with E-state index < -0.39 is 0 Å². The normalized spacial score (nSPS) is 10.6. The first-order valence-corrected chi connectivity index (χ1v) is 7.99. The van der Waals surface area contributed by atoms with Gasteiger partial charge in [0.1, 0.15) is 17.3 Å². The summed E-state index contributed by atoms with van der Waals surface area (Å²) < 4.78 is 11.7. The number of ether oxygens (including phenoxy) is 2. The monoisotopic (exact) mass is 372 g/mol. The Morgan fingerprint density at radius 2 is 1.91 bits per heavy atom. The topological polar surface area (TPSA) is 43.4 Å². The van der Waals surface area contributed by atoms with Gasteiger partial charge in [0.2, 0.25) is 0 Å². The first-order chi connectivity index (χ1) is 11.2. The Bertz CT molecular complexity index is 836. The van der Waals surface area contributed by atoms with Gasteiger partial charge in [-0.1, -0.05) is 15.9 Å². The molecule has 0 fully saturated rings. The lowest BCUT2D eigenvalue weighted by Crippen LogP contribution is -2.04. The highest BCUT2D eigenvalue weighted by molar-refractivity contribution is 9.10. The van der Waals surface area contributed by atoms with Crippen molar-refractivity contribution in [2.45, 2.75) is 6.54 Å². The van der Waals surface area contributed by atoms with Gasteiger partial charge in [-0.05, 0) is 41.8 Å². The molecular formula is C18H17BrN2O2. The van der Waals surface area contributed by atoms with Gasteiger partial charge in [-0.2, -0.15) is 0 Å². The van der Waals surface area contributed by atoms with E-state index in [2.05, 4.69) is 38.4 Å². The van der Waals surface area contributed by atoms with Crippen LogP contribution in [0, 0.1) is 0 Å². The summed E-state index contributed by atoms with van der Waals surface area (Å²) in [6.45, 7) is 0.620. The van der Waals surface area contributed by atoms with Crippen molar-refractivity contribution in [3.8, 4) is 11.5 Å². The third kappa shape index (κ3) is 3.40. The Kier molecular flexibility index (Phi) is 4.67. The van der Waals surface area contributed by atoms with Gasteiger partial charge < -0.3 is 14.8 Å². The van der Waals surface area contributed by atoms with E-state index in [-0.39, 0.29) is 0 Å². The lowest BCUT2D eigenvalue weighted by atomic mass is 10.1. The van der Waals surface area contributed by atoms with Crippen LogP contribution in [-0.2, 0) is 6.54 Å². The molecule has 2 aromatic carbocycles. The number of nitrogens with one attached hydrogen (secondary N) is 1. The number of nitrogens with zero attached hydrogens (tertiary/aromatic N) is 1. The van der Waals surface area contributed by atoms with E-state index in [0.29, 0.717) is 6.54 Å². The van der Waals surface area contributed by atoms with Crippen LogP contribution < -0.4 is 14.8 Å². The third-order valence-electron chi connectivity index (χ3n) is 3.67. The molecule has 0 aliphatic rings. The second kappa shape index (κ2) is 6.87. The minimum Gasteiger partial charge on any atom is -0.497 e. The smallest absolute Gasteiger partial charge is 0.134 e. The molecule has 0 radical (unpaired) electrons. The van der Waals surface area contributed by atoms with Crippen LogP contribution in [0.15, 0.2) is 53.1 Å². The number of rotatable bonds is 5. The number of benzene rings is 2. The summed E-state index contributed by atoms with van der Waals surface area (Å²) in [5.74, 6) is 2.42. The van der Waals surface area contributed by atoms with Crippen molar-refractivity contribution >= 4 is 32.5 Å². The van der Waals surface area contributed by atoms with Crippen molar-refractivity contribution in [1.82, 2.24) is 4.98 Å². The van der Waals surface area contributed by atoms with Crippen molar-refractivity contribution < 1.29 is 9.47 Å². The lowest BCUT2D eigenvalue weighted by Gasteiger charge is -2.13. The molecule has 0 aliphatic carbocycles. The predicted molar refractivity (Wildman–Crippen MR) is 96.3 cm³/mol. The van der Waals surface area contributed by atoms with E-state index >= 15 is 0 Å². The maximum Gasteiger partial charge on any atom is 0.134 e. The summed E-state index contributed by atoms with van der Waals surface area (Å²) >= 11 is 3.50. The minimum atomic E-state index is 0.620. The van der Waals surface area contributed by atoms with Gasteiger partial charge in [-0.25, -0.2) is 4.98 Å². The number of anilines is 1. The molecule has 4 nitrogen and oxygen atoms in total. The quantitative estimate of drug-likeness (QED) is 0.709. The van der Waals surface area contributed by atoms with E-state index in [1.807, 2.05) is 36.5 Å². The molecule has 5 heteroatoms. The zero-order chi connectivity index (χ0) is 16.2. The van der Waals surface area contributed by atoms with Crippen LogP contribution in [0.2, 0.25) is 0 Å². The molecule has 0 aliphatic heterocycles. The van der Waals surface area contributed by atoms with Crippen LogP contribution in [0.1, 0.15) is 5.56 Å². The Morgan fingerprint density at radius 1 is 1.04 bits per heavy atom. The maximum atomic E-state index is 5.43. The number of hydrogen-bond acceptors (Lipinski definition) is 4. The molecule has 0 unspecified atom stereocenters. The molecule has 1 N–H and O–H groups in total. The number of methoxy groups -OCH3 is 2. The fourth-order valence-electron chi connectivity index (χ4n) is 2.47. The molecule has 3 aromatic rings. The fourth-order valence-corrected chi connectivity index (χ4v) is 2.85. The molecule has 0 amide bonds. The van der Waals surface area contributed by atoms with Gasteiger partial charge in [0.05, 0.1) is 14.2 Å².